The Bertz CT molecular complexity index is 1280. The van der Waals surface area contributed by atoms with Crippen molar-refractivity contribution in [3.05, 3.63) is 35.9 Å². The van der Waals surface area contributed by atoms with E-state index in [-0.39, 0.29) is 19.6 Å². The molecule has 2 heterocycles. The van der Waals surface area contributed by atoms with E-state index in [0.29, 0.717) is 16.7 Å². The lowest BCUT2D eigenvalue weighted by molar-refractivity contribution is -0.0702. The van der Waals surface area contributed by atoms with Crippen molar-refractivity contribution < 1.29 is 53.8 Å². The second-order valence-corrected chi connectivity index (χ2v) is 13.3. The van der Waals surface area contributed by atoms with Crippen LogP contribution in [-0.4, -0.2) is 100 Å². The molecule has 3 rings (SSSR count). The number of carbonyl (C=O) groups is 3. The Morgan fingerprint density at radius 2 is 1.69 bits per heavy atom. The van der Waals surface area contributed by atoms with Crippen LogP contribution < -0.4 is 0 Å². The van der Waals surface area contributed by atoms with Crippen molar-refractivity contribution in [2.24, 2.45) is 0 Å². The maximum absolute atomic E-state index is 13.3. The van der Waals surface area contributed by atoms with Crippen molar-refractivity contribution in [2.45, 2.75) is 63.7 Å². The van der Waals surface area contributed by atoms with Crippen LogP contribution in [0.2, 0.25) is 0 Å². The van der Waals surface area contributed by atoms with Crippen LogP contribution >= 0.6 is 0 Å². The summed E-state index contributed by atoms with van der Waals surface area (Å²) in [4.78, 5) is 41.1. The van der Waals surface area contributed by atoms with Gasteiger partial charge in [-0.05, 0) is 26.3 Å². The zero-order valence-corrected chi connectivity index (χ0v) is 23.8. The van der Waals surface area contributed by atoms with Crippen LogP contribution in [0.15, 0.2) is 30.3 Å². The highest BCUT2D eigenvalue weighted by Gasteiger charge is 2.58. The van der Waals surface area contributed by atoms with E-state index in [2.05, 4.69) is 0 Å². The van der Waals surface area contributed by atoms with Gasteiger partial charge < -0.3 is 14.2 Å². The molecule has 1 aromatic rings. The lowest BCUT2D eigenvalue weighted by Crippen LogP contribution is -2.68. The van der Waals surface area contributed by atoms with Gasteiger partial charge >= 0.3 is 18.3 Å². The minimum absolute atomic E-state index is 0.0272. The molecule has 39 heavy (non-hydrogen) atoms. The van der Waals surface area contributed by atoms with Gasteiger partial charge in [0.15, 0.2) is 0 Å². The Hall–Kier alpha value is -2.95. The highest BCUT2D eigenvalue weighted by Crippen LogP contribution is 2.36. The first-order chi connectivity index (χ1) is 18.0. The molecule has 16 heteroatoms. The molecule has 218 valence electrons. The Morgan fingerprint density at radius 3 is 2.26 bits per heavy atom. The zero-order chi connectivity index (χ0) is 29.2. The number of rotatable bonds is 8. The van der Waals surface area contributed by atoms with Crippen molar-refractivity contribution in [3.63, 3.8) is 0 Å². The number of amides is 3. The third-order valence-corrected chi connectivity index (χ3v) is 6.81. The van der Waals surface area contributed by atoms with Crippen molar-refractivity contribution in [1.29, 1.82) is 0 Å². The van der Waals surface area contributed by atoms with E-state index in [1.54, 1.807) is 51.1 Å². The van der Waals surface area contributed by atoms with Crippen molar-refractivity contribution in [3.8, 4) is 0 Å². The number of ether oxygens (including phenoxy) is 3. The standard InChI is InChI=1S/C23H32N2O12S2/c1-23(2,3)36-20(26)24-12-11-16-18(24)19(17(37-39(5,31)32)14-34-38(4,29)30)25(22(28)35-16)21(27)33-13-15-9-7-6-8-10-15/h6-10,16-19H,11-14H2,1-5H3/t16-,17-,18+,19-/m0/s1. The molecule has 1 aromatic carbocycles. The van der Waals surface area contributed by atoms with Crippen LogP contribution in [0.3, 0.4) is 0 Å². The van der Waals surface area contributed by atoms with Gasteiger partial charge in [-0.3, -0.25) is 13.3 Å². The fourth-order valence-electron chi connectivity index (χ4n) is 4.28. The number of hydrogen-bond acceptors (Lipinski definition) is 12. The molecular formula is C23H32N2O12S2. The predicted molar refractivity (Wildman–Crippen MR) is 134 cm³/mol. The van der Waals surface area contributed by atoms with Crippen molar-refractivity contribution in [1.82, 2.24) is 9.80 Å². The van der Waals surface area contributed by atoms with E-state index >= 15 is 0 Å². The highest BCUT2D eigenvalue weighted by atomic mass is 32.2. The number of fused-ring (bicyclic) bond motifs is 1. The van der Waals surface area contributed by atoms with E-state index in [1.165, 1.54) is 4.90 Å². The van der Waals surface area contributed by atoms with Crippen molar-refractivity contribution >= 4 is 38.5 Å². The van der Waals surface area contributed by atoms with E-state index < -0.39 is 75.0 Å². The number of hydrogen-bond donors (Lipinski definition) is 0. The Kier molecular flexibility index (Phi) is 9.14. The lowest BCUT2D eigenvalue weighted by atomic mass is 9.95. The summed E-state index contributed by atoms with van der Waals surface area (Å²) >= 11 is 0. The topological polar surface area (TPSA) is 172 Å². The first-order valence-electron chi connectivity index (χ1n) is 11.9. The minimum Gasteiger partial charge on any atom is -0.444 e. The number of likely N-dealkylation sites (tertiary alicyclic amines) is 1. The largest absolute Gasteiger partial charge is 0.444 e. The summed E-state index contributed by atoms with van der Waals surface area (Å²) in [5, 5.41) is 0. The lowest BCUT2D eigenvalue weighted by Gasteiger charge is -2.45. The summed E-state index contributed by atoms with van der Waals surface area (Å²) in [5.41, 5.74) is -0.321. The Morgan fingerprint density at radius 1 is 1.05 bits per heavy atom. The number of imide groups is 1. The van der Waals surface area contributed by atoms with Gasteiger partial charge in [-0.1, -0.05) is 30.3 Å². The third-order valence-electron chi connectivity index (χ3n) is 5.65. The Labute approximate surface area is 227 Å². The van der Waals surface area contributed by atoms with Gasteiger partial charge in [0.25, 0.3) is 20.2 Å². The van der Waals surface area contributed by atoms with Crippen LogP contribution in [0.5, 0.6) is 0 Å². The molecule has 0 radical (unpaired) electrons. The van der Waals surface area contributed by atoms with E-state index in [1.807, 2.05) is 0 Å². The molecule has 2 fully saturated rings. The van der Waals surface area contributed by atoms with Crippen LogP contribution in [0, 0.1) is 0 Å². The van der Waals surface area contributed by atoms with E-state index in [4.69, 9.17) is 22.6 Å². The quantitative estimate of drug-likeness (QED) is 0.317. The number of nitrogens with zero attached hydrogens (tertiary/aromatic N) is 2. The molecule has 0 spiro atoms. The van der Waals surface area contributed by atoms with E-state index in [0.717, 1.165) is 6.26 Å². The summed E-state index contributed by atoms with van der Waals surface area (Å²) in [6.45, 7) is 3.79. The summed E-state index contributed by atoms with van der Waals surface area (Å²) in [7, 11) is -8.42. The van der Waals surface area contributed by atoms with Gasteiger partial charge in [0.05, 0.1) is 25.2 Å². The SMILES string of the molecule is CC(C)(C)OC(=O)N1CC[C@@H]2OC(=O)N(C(=O)OCc3ccccc3)[C@@H]([C@H](COS(C)(=O)=O)OS(C)(=O)=O)[C@@H]21. The van der Waals surface area contributed by atoms with Crippen molar-refractivity contribution in [2.75, 3.05) is 25.7 Å². The summed E-state index contributed by atoms with van der Waals surface area (Å²) in [6.07, 6.45) is -4.42. The highest BCUT2D eigenvalue weighted by molar-refractivity contribution is 7.86. The maximum atomic E-state index is 13.3. The maximum Gasteiger partial charge on any atom is 0.420 e. The molecule has 4 atom stereocenters. The molecule has 3 amide bonds. The molecule has 2 aliphatic rings. The Balaban J connectivity index is 2.04. The van der Waals surface area contributed by atoms with Gasteiger partial charge in [0.2, 0.25) is 0 Å². The average Bonchev–Trinajstić information content (AvgIpc) is 3.21. The minimum atomic E-state index is -4.30. The molecule has 0 saturated carbocycles. The molecular weight excluding hydrogens is 560 g/mol. The second kappa shape index (κ2) is 11.7. The van der Waals surface area contributed by atoms with Gasteiger partial charge in [0.1, 0.15) is 30.5 Å². The first kappa shape index (κ1) is 30.6. The molecule has 14 nitrogen and oxygen atoms in total. The van der Waals surface area contributed by atoms with Gasteiger partial charge in [-0.25, -0.2) is 19.3 Å². The molecule has 0 aliphatic carbocycles. The molecule has 0 unspecified atom stereocenters. The summed E-state index contributed by atoms with van der Waals surface area (Å²) in [6, 6.07) is 5.74. The van der Waals surface area contributed by atoms with Crippen LogP contribution in [0.4, 0.5) is 14.4 Å². The molecule has 0 aromatic heterocycles. The van der Waals surface area contributed by atoms with Crippen LogP contribution in [0.1, 0.15) is 32.8 Å². The fraction of sp³-hybridized carbons (Fsp3) is 0.609. The molecule has 2 aliphatic heterocycles. The normalized spacial score (nSPS) is 22.6. The number of carbonyl (C=O) groups excluding carboxylic acids is 3. The van der Waals surface area contributed by atoms with Gasteiger partial charge in [-0.15, -0.1) is 0 Å². The fourth-order valence-corrected chi connectivity index (χ4v) is 5.28. The predicted octanol–water partition coefficient (Wildman–Crippen LogP) is 1.84. The molecule has 2 saturated heterocycles. The third kappa shape index (κ3) is 8.52. The number of benzene rings is 1. The molecule has 0 bridgehead atoms. The zero-order valence-electron chi connectivity index (χ0n) is 22.1. The van der Waals surface area contributed by atoms with Gasteiger partial charge in [0, 0.05) is 13.0 Å². The van der Waals surface area contributed by atoms with Gasteiger partial charge in [-0.2, -0.15) is 16.8 Å². The summed E-state index contributed by atoms with van der Waals surface area (Å²) in [5.74, 6) is 0. The van der Waals surface area contributed by atoms with E-state index in [9.17, 15) is 31.2 Å². The first-order valence-corrected chi connectivity index (χ1v) is 15.5. The monoisotopic (exact) mass is 592 g/mol. The van der Waals surface area contributed by atoms with Crippen LogP contribution in [0.25, 0.3) is 0 Å². The average molecular weight is 593 g/mol. The second-order valence-electron chi connectivity index (χ2n) is 10.1. The molecule has 0 N–H and O–H groups in total. The summed E-state index contributed by atoms with van der Waals surface area (Å²) < 4.78 is 74.1. The van der Waals surface area contributed by atoms with Crippen LogP contribution in [-0.2, 0) is 49.4 Å². The smallest absolute Gasteiger partial charge is 0.420 e.